The van der Waals surface area contributed by atoms with Gasteiger partial charge in [0, 0.05) is 10.9 Å². The van der Waals surface area contributed by atoms with Gasteiger partial charge in [0.25, 0.3) is 0 Å². The van der Waals surface area contributed by atoms with E-state index in [1.807, 2.05) is 0 Å². The van der Waals surface area contributed by atoms with Crippen LogP contribution >= 0.6 is 11.8 Å². The van der Waals surface area contributed by atoms with Crippen LogP contribution in [-0.4, -0.2) is 6.26 Å². The van der Waals surface area contributed by atoms with Gasteiger partial charge in [-0.1, -0.05) is 44.9 Å². The molecule has 1 atom stereocenters. The molecule has 0 aliphatic heterocycles. The van der Waals surface area contributed by atoms with Crippen molar-refractivity contribution in [3.63, 3.8) is 0 Å². The van der Waals surface area contributed by atoms with Crippen molar-refractivity contribution in [3.05, 3.63) is 29.8 Å². The number of nitrogens with one attached hydrogen (secondary N) is 1. The molecule has 1 aromatic rings. The predicted octanol–water partition coefficient (Wildman–Crippen LogP) is 3.35. The number of hydrogen-bond acceptors (Lipinski definition) is 3. The van der Waals surface area contributed by atoms with Crippen LogP contribution in [0.3, 0.4) is 0 Å². The van der Waals surface area contributed by atoms with Crippen molar-refractivity contribution in [2.75, 3.05) is 6.26 Å². The molecule has 1 unspecified atom stereocenters. The van der Waals surface area contributed by atoms with Crippen LogP contribution in [0.5, 0.6) is 0 Å². The van der Waals surface area contributed by atoms with Gasteiger partial charge in [-0.15, -0.1) is 11.8 Å². The molecule has 0 aliphatic carbocycles. The van der Waals surface area contributed by atoms with Crippen LogP contribution in [0.4, 0.5) is 0 Å². The molecule has 1 aromatic carbocycles. The Labute approximate surface area is 103 Å². The van der Waals surface area contributed by atoms with E-state index in [2.05, 4.69) is 49.8 Å². The van der Waals surface area contributed by atoms with Crippen molar-refractivity contribution in [1.82, 2.24) is 5.43 Å². The Balaban J connectivity index is 3.02. The number of benzene rings is 1. The summed E-state index contributed by atoms with van der Waals surface area (Å²) in [6, 6.07) is 8.76. The van der Waals surface area contributed by atoms with Crippen molar-refractivity contribution >= 4 is 11.8 Å². The van der Waals surface area contributed by atoms with E-state index in [9.17, 15) is 0 Å². The van der Waals surface area contributed by atoms with Crippen molar-refractivity contribution in [2.24, 2.45) is 11.8 Å². The lowest BCUT2D eigenvalue weighted by Gasteiger charge is -2.26. The number of thioether (sulfide) groups is 1. The molecule has 0 aliphatic rings. The molecule has 0 saturated carbocycles. The second kappa shape index (κ2) is 6.94. The summed E-state index contributed by atoms with van der Waals surface area (Å²) in [6.45, 7) is 4.44. The van der Waals surface area contributed by atoms with Gasteiger partial charge in [0.1, 0.15) is 0 Å². The van der Waals surface area contributed by atoms with Crippen LogP contribution < -0.4 is 11.3 Å². The first-order valence-electron chi connectivity index (χ1n) is 5.87. The van der Waals surface area contributed by atoms with E-state index in [0.717, 1.165) is 12.8 Å². The van der Waals surface area contributed by atoms with Gasteiger partial charge in [0.2, 0.25) is 0 Å². The molecule has 0 spiro atoms. The molecule has 0 bridgehead atoms. The first-order chi connectivity index (χ1) is 7.78. The summed E-state index contributed by atoms with van der Waals surface area (Å²) in [5.74, 6) is 6.32. The average Bonchev–Trinajstić information content (AvgIpc) is 2.35. The van der Waals surface area contributed by atoms with Gasteiger partial charge in [-0.25, -0.2) is 0 Å². The van der Waals surface area contributed by atoms with E-state index in [1.165, 1.54) is 10.5 Å². The fraction of sp³-hybridized carbons (Fsp3) is 0.538. The molecule has 0 fully saturated rings. The van der Waals surface area contributed by atoms with E-state index in [-0.39, 0.29) is 6.04 Å². The fourth-order valence-electron chi connectivity index (χ4n) is 2.16. The maximum absolute atomic E-state index is 5.72. The minimum Gasteiger partial charge on any atom is -0.271 e. The lowest BCUT2D eigenvalue weighted by Crippen LogP contribution is -2.33. The summed E-state index contributed by atoms with van der Waals surface area (Å²) < 4.78 is 0. The molecule has 0 amide bonds. The van der Waals surface area contributed by atoms with Crippen LogP contribution in [0.15, 0.2) is 29.2 Å². The number of rotatable bonds is 6. The minimum absolute atomic E-state index is 0.263. The molecule has 3 N–H and O–H groups in total. The molecule has 16 heavy (non-hydrogen) atoms. The lowest BCUT2D eigenvalue weighted by molar-refractivity contribution is 0.342. The Hall–Kier alpha value is -0.510. The molecular weight excluding hydrogens is 216 g/mol. The normalized spacial score (nSPS) is 13.1. The summed E-state index contributed by atoms with van der Waals surface area (Å²) in [5, 5.41) is 0. The van der Waals surface area contributed by atoms with Crippen molar-refractivity contribution < 1.29 is 0 Å². The molecular formula is C13H22N2S. The monoisotopic (exact) mass is 238 g/mol. The maximum atomic E-state index is 5.72. The molecule has 0 radical (unpaired) electrons. The van der Waals surface area contributed by atoms with Gasteiger partial charge in [0.15, 0.2) is 0 Å². The van der Waals surface area contributed by atoms with E-state index < -0.39 is 0 Å². The van der Waals surface area contributed by atoms with E-state index in [1.54, 1.807) is 11.8 Å². The third kappa shape index (κ3) is 3.00. The van der Waals surface area contributed by atoms with Gasteiger partial charge < -0.3 is 0 Å². The van der Waals surface area contributed by atoms with Crippen molar-refractivity contribution in [2.45, 2.75) is 37.6 Å². The third-order valence-electron chi connectivity index (χ3n) is 3.17. The predicted molar refractivity (Wildman–Crippen MR) is 72.4 cm³/mol. The Morgan fingerprint density at radius 3 is 2.38 bits per heavy atom. The summed E-state index contributed by atoms with van der Waals surface area (Å²) >= 11 is 1.78. The average molecular weight is 238 g/mol. The van der Waals surface area contributed by atoms with Gasteiger partial charge >= 0.3 is 0 Å². The molecule has 0 aromatic heterocycles. The summed E-state index contributed by atoms with van der Waals surface area (Å²) in [6.07, 6.45) is 4.40. The molecule has 1 rings (SSSR count). The highest BCUT2D eigenvalue weighted by atomic mass is 32.2. The third-order valence-corrected chi connectivity index (χ3v) is 3.99. The lowest BCUT2D eigenvalue weighted by atomic mass is 9.89. The standard InChI is InChI=1S/C13H22N2S/c1-4-10(5-2)13(15-14)11-8-6-7-9-12(11)16-3/h6-10,13,15H,4-5,14H2,1-3H3. The van der Waals surface area contributed by atoms with Crippen LogP contribution in [0.1, 0.15) is 38.3 Å². The van der Waals surface area contributed by atoms with Crippen molar-refractivity contribution in [1.29, 1.82) is 0 Å². The molecule has 0 heterocycles. The van der Waals surface area contributed by atoms with Crippen molar-refractivity contribution in [3.8, 4) is 0 Å². The van der Waals surface area contributed by atoms with Gasteiger partial charge in [-0.3, -0.25) is 11.3 Å². The van der Waals surface area contributed by atoms with E-state index in [4.69, 9.17) is 5.84 Å². The zero-order valence-corrected chi connectivity index (χ0v) is 11.2. The van der Waals surface area contributed by atoms with E-state index >= 15 is 0 Å². The quantitative estimate of drug-likeness (QED) is 0.453. The first kappa shape index (κ1) is 13.6. The van der Waals surface area contributed by atoms with Gasteiger partial charge in [0.05, 0.1) is 0 Å². The number of nitrogens with two attached hydrogens (primary N) is 1. The van der Waals surface area contributed by atoms with Crippen LogP contribution in [-0.2, 0) is 0 Å². The number of hydrogen-bond donors (Lipinski definition) is 2. The van der Waals surface area contributed by atoms with E-state index in [0.29, 0.717) is 5.92 Å². The Morgan fingerprint density at radius 1 is 1.25 bits per heavy atom. The Bertz CT molecular complexity index is 311. The summed E-state index contributed by atoms with van der Waals surface area (Å²) in [7, 11) is 0. The summed E-state index contributed by atoms with van der Waals surface area (Å²) in [5.41, 5.74) is 4.31. The molecule has 90 valence electrons. The zero-order valence-electron chi connectivity index (χ0n) is 10.4. The fourth-order valence-corrected chi connectivity index (χ4v) is 2.81. The highest BCUT2D eigenvalue weighted by molar-refractivity contribution is 7.98. The van der Waals surface area contributed by atoms with Gasteiger partial charge in [-0.2, -0.15) is 0 Å². The minimum atomic E-state index is 0.263. The zero-order chi connectivity index (χ0) is 12.0. The molecule has 3 heteroatoms. The molecule has 2 nitrogen and oxygen atoms in total. The Morgan fingerprint density at radius 2 is 1.88 bits per heavy atom. The smallest absolute Gasteiger partial charge is 0.0499 e. The Kier molecular flexibility index (Phi) is 5.88. The van der Waals surface area contributed by atoms with Crippen LogP contribution in [0.25, 0.3) is 0 Å². The van der Waals surface area contributed by atoms with Gasteiger partial charge in [-0.05, 0) is 23.8 Å². The second-order valence-corrected chi connectivity index (χ2v) is 4.81. The largest absolute Gasteiger partial charge is 0.271 e. The van der Waals surface area contributed by atoms with Crippen LogP contribution in [0.2, 0.25) is 0 Å². The maximum Gasteiger partial charge on any atom is 0.0499 e. The topological polar surface area (TPSA) is 38.0 Å². The number of hydrazine groups is 1. The van der Waals surface area contributed by atoms with Crippen LogP contribution in [0, 0.1) is 5.92 Å². The molecule has 0 saturated heterocycles. The summed E-state index contributed by atoms with van der Waals surface area (Å²) in [4.78, 5) is 1.32. The first-order valence-corrected chi connectivity index (χ1v) is 7.09. The highest BCUT2D eigenvalue weighted by Gasteiger charge is 2.20. The second-order valence-electron chi connectivity index (χ2n) is 3.96. The SMILES string of the molecule is CCC(CC)C(NN)c1ccccc1SC. The highest BCUT2D eigenvalue weighted by Crippen LogP contribution is 2.32.